The van der Waals surface area contributed by atoms with Gasteiger partial charge in [-0.15, -0.1) is 0 Å². The third kappa shape index (κ3) is 43.0. The zero-order chi connectivity index (χ0) is 42.5. The Kier molecular flexibility index (Phi) is 42.0. The summed E-state index contributed by atoms with van der Waals surface area (Å²) in [5.41, 5.74) is 0. The summed E-state index contributed by atoms with van der Waals surface area (Å²) in [4.78, 5) is 22.6. The van der Waals surface area contributed by atoms with Crippen molar-refractivity contribution in [1.29, 1.82) is 0 Å². The molecule has 0 aliphatic rings. The van der Waals surface area contributed by atoms with Gasteiger partial charge in [0.05, 0.1) is 26.4 Å². The van der Waals surface area contributed by atoms with Crippen LogP contribution in [-0.2, 0) is 27.9 Å². The summed E-state index contributed by atoms with van der Waals surface area (Å²) in [5.74, 6) is -0.446. The van der Waals surface area contributed by atoms with Crippen LogP contribution in [0.4, 0.5) is 0 Å². The molecule has 0 heterocycles. The number of esters is 1. The molecule has 0 fully saturated rings. The zero-order valence-electron chi connectivity index (χ0n) is 36.2. The highest BCUT2D eigenvalue weighted by molar-refractivity contribution is 7.47. The zero-order valence-corrected chi connectivity index (χ0v) is 37.1. The molecule has 3 atom stereocenters. The summed E-state index contributed by atoms with van der Waals surface area (Å²) in [5, 5.41) is 18.3. The maximum Gasteiger partial charge on any atom is 0.472 e. The second-order valence-electron chi connectivity index (χ2n) is 14.3. The molecule has 0 radical (unpaired) electrons. The van der Waals surface area contributed by atoms with Gasteiger partial charge in [-0.05, 0) is 89.9 Å². The first kappa shape index (κ1) is 55.4. The van der Waals surface area contributed by atoms with E-state index in [1.165, 1.54) is 51.4 Å². The highest BCUT2D eigenvalue weighted by atomic mass is 31.2. The quantitative estimate of drug-likeness (QED) is 0.0238. The van der Waals surface area contributed by atoms with Crippen LogP contribution in [0.15, 0.2) is 97.2 Å². The van der Waals surface area contributed by atoms with E-state index in [0.717, 1.165) is 77.0 Å². The number of phosphoric acid groups is 1. The molecule has 0 aromatic heterocycles. The van der Waals surface area contributed by atoms with Crippen molar-refractivity contribution in [1.82, 2.24) is 0 Å². The predicted molar refractivity (Wildman–Crippen MR) is 242 cm³/mol. The van der Waals surface area contributed by atoms with Gasteiger partial charge in [0.15, 0.2) is 0 Å². The van der Waals surface area contributed by atoms with Gasteiger partial charge in [0.25, 0.3) is 0 Å². The first-order chi connectivity index (χ1) is 28.3. The summed E-state index contributed by atoms with van der Waals surface area (Å²) in [6.45, 7) is 3.27. The fraction of sp³-hybridized carbons (Fsp3) is 0.646. The number of unbranched alkanes of at least 4 members (excludes halogenated alkanes) is 11. The van der Waals surface area contributed by atoms with Crippen molar-refractivity contribution in [3.63, 3.8) is 0 Å². The van der Waals surface area contributed by atoms with Gasteiger partial charge in [0, 0.05) is 13.0 Å². The lowest BCUT2D eigenvalue weighted by Crippen LogP contribution is -2.29. The molecule has 0 aromatic carbocycles. The Balaban J connectivity index is 4.31. The number of carbonyl (C=O) groups excluding carboxylic acids is 1. The molecule has 0 rings (SSSR count). The second kappa shape index (κ2) is 43.9. The first-order valence-electron chi connectivity index (χ1n) is 22.2. The highest BCUT2D eigenvalue weighted by Gasteiger charge is 2.26. The van der Waals surface area contributed by atoms with E-state index in [9.17, 15) is 19.4 Å². The molecule has 0 saturated carbocycles. The molecule has 0 spiro atoms. The number of aliphatic hydroxyl groups excluding tert-OH is 2. The lowest BCUT2D eigenvalue weighted by atomic mass is 10.1. The van der Waals surface area contributed by atoms with E-state index in [2.05, 4.69) is 105 Å². The van der Waals surface area contributed by atoms with Crippen molar-refractivity contribution in [2.75, 3.05) is 33.0 Å². The minimum absolute atomic E-state index is 0.0155. The number of ether oxygens (including phenoxy) is 2. The molecule has 0 aliphatic heterocycles. The Morgan fingerprint density at radius 2 is 0.983 bits per heavy atom. The van der Waals surface area contributed by atoms with E-state index in [0.29, 0.717) is 13.0 Å². The van der Waals surface area contributed by atoms with Crippen LogP contribution < -0.4 is 0 Å². The van der Waals surface area contributed by atoms with Crippen LogP contribution in [0.2, 0.25) is 0 Å². The third-order valence-corrected chi connectivity index (χ3v) is 9.70. The van der Waals surface area contributed by atoms with Crippen molar-refractivity contribution in [3.8, 4) is 0 Å². The molecule has 9 nitrogen and oxygen atoms in total. The Hall–Kier alpha value is -2.62. The predicted octanol–water partition coefficient (Wildman–Crippen LogP) is 12.5. The average Bonchev–Trinajstić information content (AvgIpc) is 3.21. The number of hydrogen-bond donors (Lipinski definition) is 3. The van der Waals surface area contributed by atoms with Crippen LogP contribution in [0.25, 0.3) is 0 Å². The van der Waals surface area contributed by atoms with Crippen LogP contribution in [0.5, 0.6) is 0 Å². The molecule has 0 amide bonds. The maximum absolute atomic E-state index is 12.6. The lowest BCUT2D eigenvalue weighted by molar-refractivity contribution is -0.154. The normalized spacial score (nSPS) is 14.9. The van der Waals surface area contributed by atoms with Gasteiger partial charge in [0.1, 0.15) is 12.2 Å². The van der Waals surface area contributed by atoms with E-state index < -0.39 is 45.8 Å². The molecule has 10 heteroatoms. The molecule has 3 N–H and O–H groups in total. The summed E-state index contributed by atoms with van der Waals surface area (Å²) >= 11 is 0. The fourth-order valence-corrected chi connectivity index (χ4v) is 6.19. The Labute approximate surface area is 353 Å². The minimum atomic E-state index is -4.54. The lowest BCUT2D eigenvalue weighted by Gasteiger charge is -2.20. The number of carbonyl (C=O) groups is 1. The Morgan fingerprint density at radius 3 is 1.50 bits per heavy atom. The van der Waals surface area contributed by atoms with Crippen LogP contribution in [-0.4, -0.2) is 66.3 Å². The molecule has 0 aromatic rings. The second-order valence-corrected chi connectivity index (χ2v) is 15.8. The van der Waals surface area contributed by atoms with Crippen molar-refractivity contribution in [2.24, 2.45) is 0 Å². The van der Waals surface area contributed by atoms with Gasteiger partial charge in [-0.1, -0.05) is 156 Å². The topological polar surface area (TPSA) is 132 Å². The van der Waals surface area contributed by atoms with E-state index in [-0.39, 0.29) is 13.0 Å². The van der Waals surface area contributed by atoms with Gasteiger partial charge < -0.3 is 24.6 Å². The number of allylic oxidation sites excluding steroid dienone is 16. The maximum atomic E-state index is 12.6. The van der Waals surface area contributed by atoms with Crippen LogP contribution in [0.1, 0.15) is 155 Å². The molecule has 0 saturated heterocycles. The summed E-state index contributed by atoms with van der Waals surface area (Å²) < 4.78 is 33.3. The van der Waals surface area contributed by atoms with Gasteiger partial charge in [-0.25, -0.2) is 4.57 Å². The fourth-order valence-electron chi connectivity index (χ4n) is 5.40. The van der Waals surface area contributed by atoms with Gasteiger partial charge in [0.2, 0.25) is 0 Å². The van der Waals surface area contributed by atoms with Crippen molar-refractivity contribution < 1.29 is 43.0 Å². The van der Waals surface area contributed by atoms with E-state index >= 15 is 0 Å². The smallest absolute Gasteiger partial charge is 0.457 e. The highest BCUT2D eigenvalue weighted by Crippen LogP contribution is 2.43. The third-order valence-electron chi connectivity index (χ3n) is 8.75. The van der Waals surface area contributed by atoms with Gasteiger partial charge in [-0.3, -0.25) is 13.8 Å². The molecule has 0 bridgehead atoms. The number of phosphoric ester groups is 1. The largest absolute Gasteiger partial charge is 0.472 e. The molecule has 332 valence electrons. The van der Waals surface area contributed by atoms with Gasteiger partial charge >= 0.3 is 13.8 Å². The number of aliphatic hydroxyl groups is 2. The van der Waals surface area contributed by atoms with Gasteiger partial charge in [-0.2, -0.15) is 0 Å². The van der Waals surface area contributed by atoms with E-state index in [1.54, 1.807) is 0 Å². The molecule has 3 unspecified atom stereocenters. The standard InChI is InChI=1S/C48H81O9P/c1-3-5-7-9-11-13-15-17-19-20-21-22-23-24-25-26-27-28-30-32-34-36-38-40-48(51)57-47(45-56-58(52,53)55-43-46(50)42-49)44-54-41-39-37-35-33-31-29-18-16-14-12-10-8-6-4-2/h5,7,11,13-14,16-17,19,21-22,24-25,27-28,32,34,46-47,49-50H,3-4,6,8-10,12,15,18,20,23,26,29-31,33,35-45H2,1-2H3,(H,52,53)/b7-5-,13-11-,16-14-,19-17-,22-21-,25-24-,28-27-,34-32-. The average molecular weight is 833 g/mol. The minimum Gasteiger partial charge on any atom is -0.457 e. The molecular formula is C48H81O9P. The summed E-state index contributed by atoms with van der Waals surface area (Å²) in [6, 6.07) is 0. The first-order valence-corrected chi connectivity index (χ1v) is 23.7. The summed E-state index contributed by atoms with van der Waals surface area (Å²) in [7, 11) is -4.54. The Bertz CT molecular complexity index is 1220. The van der Waals surface area contributed by atoms with Crippen molar-refractivity contribution in [2.45, 2.75) is 167 Å². The summed E-state index contributed by atoms with van der Waals surface area (Å²) in [6.07, 6.45) is 55.1. The monoisotopic (exact) mass is 833 g/mol. The number of rotatable bonds is 41. The molecule has 0 aliphatic carbocycles. The van der Waals surface area contributed by atoms with Crippen LogP contribution in [0.3, 0.4) is 0 Å². The number of hydrogen-bond acceptors (Lipinski definition) is 8. The van der Waals surface area contributed by atoms with E-state index in [4.69, 9.17) is 23.6 Å². The van der Waals surface area contributed by atoms with Crippen LogP contribution in [0, 0.1) is 0 Å². The van der Waals surface area contributed by atoms with E-state index in [1.807, 2.05) is 6.08 Å². The Morgan fingerprint density at radius 1 is 0.552 bits per heavy atom. The molecule has 58 heavy (non-hydrogen) atoms. The SMILES string of the molecule is CC/C=C\C/C=C\C/C=C\C/C=C\C/C=C\C/C=C\C/C=C\CCCC(=O)OC(COCCCCCCCC/C=C\CCCCCC)COP(=O)(O)OCC(O)CO. The van der Waals surface area contributed by atoms with Crippen molar-refractivity contribution >= 4 is 13.8 Å². The molecular weight excluding hydrogens is 751 g/mol. The van der Waals surface area contributed by atoms with Crippen LogP contribution >= 0.6 is 7.82 Å². The van der Waals surface area contributed by atoms with Crippen molar-refractivity contribution in [3.05, 3.63) is 97.2 Å².